The summed E-state index contributed by atoms with van der Waals surface area (Å²) < 4.78 is 1.27. The molecule has 0 bridgehead atoms. The Balaban J connectivity index is 1.73. The van der Waals surface area contributed by atoms with Gasteiger partial charge in [0.1, 0.15) is 0 Å². The third kappa shape index (κ3) is 2.38. The van der Waals surface area contributed by atoms with Gasteiger partial charge in [-0.1, -0.05) is 23.4 Å². The number of aromatic nitrogens is 4. The number of hydrogen-bond donors (Lipinski definition) is 2. The van der Waals surface area contributed by atoms with Crippen LogP contribution in [0, 0.1) is 10.1 Å². The number of para-hydroxylation sites is 1. The van der Waals surface area contributed by atoms with Gasteiger partial charge in [0, 0.05) is 34.8 Å². The number of aromatic amines is 1. The Morgan fingerprint density at radius 3 is 2.62 bits per heavy atom. The van der Waals surface area contributed by atoms with Crippen molar-refractivity contribution in [2.24, 2.45) is 0 Å². The van der Waals surface area contributed by atoms with E-state index in [1.54, 1.807) is 6.20 Å². The van der Waals surface area contributed by atoms with E-state index in [-0.39, 0.29) is 23.0 Å². The standard InChI is InChI=1S/C17H12N6O3/c18-17-15(16(24)13-9-19-14-4-2-1-3-12(13)14)20-21-22(17)10-5-7-11(8-6-10)23(25)26/h1-9,19H,18H2. The average Bonchev–Trinajstić information content (AvgIpc) is 3.25. The molecule has 9 nitrogen and oxygen atoms in total. The van der Waals surface area contributed by atoms with Crippen molar-refractivity contribution in [1.82, 2.24) is 20.0 Å². The number of carbonyl (C=O) groups is 1. The van der Waals surface area contributed by atoms with Crippen molar-refractivity contribution in [3.8, 4) is 5.69 Å². The van der Waals surface area contributed by atoms with Gasteiger partial charge in [0.05, 0.1) is 10.6 Å². The third-order valence-electron chi connectivity index (χ3n) is 4.06. The Kier molecular flexibility index (Phi) is 3.47. The number of hydrogen-bond acceptors (Lipinski definition) is 6. The number of carbonyl (C=O) groups excluding carboxylic acids is 1. The number of fused-ring (bicyclic) bond motifs is 1. The zero-order valence-electron chi connectivity index (χ0n) is 13.3. The number of non-ortho nitro benzene ring substituents is 1. The van der Waals surface area contributed by atoms with Crippen molar-refractivity contribution in [2.45, 2.75) is 0 Å². The molecule has 9 heteroatoms. The maximum atomic E-state index is 12.8. The van der Waals surface area contributed by atoms with Crippen molar-refractivity contribution < 1.29 is 9.72 Å². The van der Waals surface area contributed by atoms with Crippen molar-refractivity contribution in [1.29, 1.82) is 0 Å². The number of nitro benzene ring substituents is 1. The molecule has 2 heterocycles. The molecule has 0 amide bonds. The predicted octanol–water partition coefficient (Wildman–Crippen LogP) is 2.47. The summed E-state index contributed by atoms with van der Waals surface area (Å²) in [6.07, 6.45) is 1.61. The molecule has 0 aliphatic rings. The van der Waals surface area contributed by atoms with Gasteiger partial charge in [0.25, 0.3) is 5.69 Å². The number of rotatable bonds is 4. The van der Waals surface area contributed by atoms with E-state index in [0.29, 0.717) is 11.3 Å². The third-order valence-corrected chi connectivity index (χ3v) is 4.06. The topological polar surface area (TPSA) is 133 Å². The van der Waals surface area contributed by atoms with Crippen LogP contribution in [0.4, 0.5) is 11.5 Å². The summed E-state index contributed by atoms with van der Waals surface area (Å²) in [5.41, 5.74) is 7.77. The molecule has 0 atom stereocenters. The maximum Gasteiger partial charge on any atom is 0.269 e. The van der Waals surface area contributed by atoms with Gasteiger partial charge in [0.15, 0.2) is 11.5 Å². The number of nitrogen functional groups attached to an aromatic ring is 1. The zero-order chi connectivity index (χ0) is 18.3. The van der Waals surface area contributed by atoms with Gasteiger partial charge in [-0.05, 0) is 18.2 Å². The second-order valence-electron chi connectivity index (χ2n) is 5.59. The summed E-state index contributed by atoms with van der Waals surface area (Å²) >= 11 is 0. The van der Waals surface area contributed by atoms with Crippen LogP contribution in [0.15, 0.2) is 54.7 Å². The summed E-state index contributed by atoms with van der Waals surface area (Å²) in [4.78, 5) is 26.1. The second kappa shape index (κ2) is 5.81. The molecule has 0 radical (unpaired) electrons. The number of benzene rings is 2. The van der Waals surface area contributed by atoms with E-state index in [1.165, 1.54) is 28.9 Å². The SMILES string of the molecule is Nc1c(C(=O)c2c[nH]c3ccccc23)nnn1-c1ccc([N+](=O)[O-])cc1. The lowest BCUT2D eigenvalue weighted by Crippen LogP contribution is -2.07. The number of anilines is 1. The van der Waals surface area contributed by atoms with Crippen LogP contribution in [-0.4, -0.2) is 30.7 Å². The average molecular weight is 348 g/mol. The molecule has 2 aromatic carbocycles. The van der Waals surface area contributed by atoms with Gasteiger partial charge in [-0.2, -0.15) is 4.68 Å². The van der Waals surface area contributed by atoms with Crippen LogP contribution in [0.25, 0.3) is 16.6 Å². The van der Waals surface area contributed by atoms with Crippen LogP contribution < -0.4 is 5.73 Å². The Labute approximate surface area is 146 Å². The highest BCUT2D eigenvalue weighted by atomic mass is 16.6. The van der Waals surface area contributed by atoms with Crippen LogP contribution in [0.5, 0.6) is 0 Å². The fourth-order valence-corrected chi connectivity index (χ4v) is 2.74. The number of nitrogens with one attached hydrogen (secondary N) is 1. The Morgan fingerprint density at radius 2 is 1.88 bits per heavy atom. The van der Waals surface area contributed by atoms with E-state index in [2.05, 4.69) is 15.3 Å². The molecule has 0 spiro atoms. The molecule has 4 rings (SSSR count). The smallest absolute Gasteiger partial charge is 0.269 e. The molecule has 2 aromatic heterocycles. The van der Waals surface area contributed by atoms with E-state index >= 15 is 0 Å². The first-order valence-electron chi connectivity index (χ1n) is 7.63. The monoisotopic (exact) mass is 348 g/mol. The first kappa shape index (κ1) is 15.5. The highest BCUT2D eigenvalue weighted by molar-refractivity contribution is 6.17. The molecule has 0 aliphatic carbocycles. The van der Waals surface area contributed by atoms with Gasteiger partial charge in [-0.15, -0.1) is 5.10 Å². The molecule has 128 valence electrons. The molecule has 0 saturated carbocycles. The molecule has 3 N–H and O–H groups in total. The summed E-state index contributed by atoms with van der Waals surface area (Å²) in [5, 5.41) is 19.3. The van der Waals surface area contributed by atoms with Crippen molar-refractivity contribution in [3.63, 3.8) is 0 Å². The van der Waals surface area contributed by atoms with Gasteiger partial charge in [0.2, 0.25) is 5.78 Å². The lowest BCUT2D eigenvalue weighted by atomic mass is 10.1. The number of ketones is 1. The van der Waals surface area contributed by atoms with E-state index in [1.807, 2.05) is 24.3 Å². The highest BCUT2D eigenvalue weighted by Crippen LogP contribution is 2.24. The van der Waals surface area contributed by atoms with Crippen molar-refractivity contribution in [2.75, 3.05) is 5.73 Å². The van der Waals surface area contributed by atoms with Crippen LogP contribution in [0.1, 0.15) is 16.1 Å². The minimum absolute atomic E-state index is 0.0214. The summed E-state index contributed by atoms with van der Waals surface area (Å²) in [7, 11) is 0. The summed E-state index contributed by atoms with van der Waals surface area (Å²) in [6.45, 7) is 0. The number of nitro groups is 1. The van der Waals surface area contributed by atoms with Gasteiger partial charge < -0.3 is 10.7 Å². The molecular formula is C17H12N6O3. The van der Waals surface area contributed by atoms with Gasteiger partial charge in [-0.3, -0.25) is 14.9 Å². The summed E-state index contributed by atoms with van der Waals surface area (Å²) in [6, 6.07) is 13.0. The first-order valence-corrected chi connectivity index (χ1v) is 7.63. The number of nitrogens with two attached hydrogens (primary N) is 1. The van der Waals surface area contributed by atoms with E-state index in [4.69, 9.17) is 5.73 Å². The molecule has 0 saturated heterocycles. The second-order valence-corrected chi connectivity index (χ2v) is 5.59. The van der Waals surface area contributed by atoms with Crippen molar-refractivity contribution in [3.05, 3.63) is 76.1 Å². The number of nitrogens with zero attached hydrogens (tertiary/aromatic N) is 4. The van der Waals surface area contributed by atoms with E-state index < -0.39 is 4.92 Å². The van der Waals surface area contributed by atoms with E-state index in [0.717, 1.165) is 10.9 Å². The van der Waals surface area contributed by atoms with Crippen LogP contribution >= 0.6 is 0 Å². The summed E-state index contributed by atoms with van der Waals surface area (Å²) in [5.74, 6) is -0.290. The maximum absolute atomic E-state index is 12.8. The molecule has 0 aliphatic heterocycles. The Bertz CT molecular complexity index is 1140. The molecule has 26 heavy (non-hydrogen) atoms. The predicted molar refractivity (Wildman–Crippen MR) is 94.2 cm³/mol. The Hall–Kier alpha value is -4.01. The quantitative estimate of drug-likeness (QED) is 0.331. The molecule has 0 unspecified atom stereocenters. The molecule has 0 fully saturated rings. The van der Waals surface area contributed by atoms with E-state index in [9.17, 15) is 14.9 Å². The van der Waals surface area contributed by atoms with Crippen LogP contribution in [0.2, 0.25) is 0 Å². The molecular weight excluding hydrogens is 336 g/mol. The van der Waals surface area contributed by atoms with Gasteiger partial charge in [-0.25, -0.2) is 0 Å². The normalized spacial score (nSPS) is 10.9. The van der Waals surface area contributed by atoms with Crippen molar-refractivity contribution >= 4 is 28.2 Å². The minimum atomic E-state index is -0.500. The minimum Gasteiger partial charge on any atom is -0.382 e. The largest absolute Gasteiger partial charge is 0.382 e. The zero-order valence-corrected chi connectivity index (χ0v) is 13.3. The Morgan fingerprint density at radius 1 is 1.15 bits per heavy atom. The lowest BCUT2D eigenvalue weighted by Gasteiger charge is -2.03. The fourth-order valence-electron chi connectivity index (χ4n) is 2.74. The lowest BCUT2D eigenvalue weighted by molar-refractivity contribution is -0.384. The van der Waals surface area contributed by atoms with Gasteiger partial charge >= 0.3 is 0 Å². The molecule has 4 aromatic rings. The first-order chi connectivity index (χ1) is 12.6. The van der Waals surface area contributed by atoms with Crippen LogP contribution in [0.3, 0.4) is 0 Å². The fraction of sp³-hybridized carbons (Fsp3) is 0. The van der Waals surface area contributed by atoms with Crippen LogP contribution in [-0.2, 0) is 0 Å². The highest BCUT2D eigenvalue weighted by Gasteiger charge is 2.22. The number of H-pyrrole nitrogens is 1.